The third-order valence-corrected chi connectivity index (χ3v) is 3.39. The summed E-state index contributed by atoms with van der Waals surface area (Å²) in [4.78, 5) is 11.6. The summed E-state index contributed by atoms with van der Waals surface area (Å²) in [7, 11) is 0. The molecule has 3 N–H and O–H groups in total. The van der Waals surface area contributed by atoms with Crippen molar-refractivity contribution in [1.82, 2.24) is 5.32 Å². The first-order chi connectivity index (χ1) is 7.72. The van der Waals surface area contributed by atoms with E-state index >= 15 is 0 Å². The van der Waals surface area contributed by atoms with Crippen LogP contribution >= 0.6 is 0 Å². The summed E-state index contributed by atoms with van der Waals surface area (Å²) in [6.45, 7) is 2.19. The second-order valence-corrected chi connectivity index (χ2v) is 4.99. The zero-order chi connectivity index (χ0) is 11.8. The van der Waals surface area contributed by atoms with Crippen molar-refractivity contribution in [2.45, 2.75) is 76.8 Å². The second kappa shape index (κ2) is 7.66. The predicted octanol–water partition coefficient (Wildman–Crippen LogP) is 2.34. The van der Waals surface area contributed by atoms with Gasteiger partial charge in [0.2, 0.25) is 5.91 Å². The first-order valence-corrected chi connectivity index (χ1v) is 6.77. The number of hydrogen-bond acceptors (Lipinski definition) is 2. The molecule has 0 saturated heterocycles. The van der Waals surface area contributed by atoms with Gasteiger partial charge in [0.25, 0.3) is 0 Å². The van der Waals surface area contributed by atoms with Crippen LogP contribution in [0, 0.1) is 0 Å². The van der Waals surface area contributed by atoms with E-state index in [9.17, 15) is 4.79 Å². The largest absolute Gasteiger partial charge is 0.353 e. The van der Waals surface area contributed by atoms with Crippen molar-refractivity contribution in [3.05, 3.63) is 0 Å². The lowest BCUT2D eigenvalue weighted by atomic mass is 9.92. The van der Waals surface area contributed by atoms with Gasteiger partial charge >= 0.3 is 0 Å². The van der Waals surface area contributed by atoms with Crippen LogP contribution in [0.2, 0.25) is 0 Å². The van der Waals surface area contributed by atoms with Gasteiger partial charge in [-0.25, -0.2) is 0 Å². The Morgan fingerprint density at radius 1 is 1.19 bits per heavy atom. The molecule has 1 amide bonds. The molecule has 0 aromatic rings. The maximum absolute atomic E-state index is 11.6. The summed E-state index contributed by atoms with van der Waals surface area (Å²) in [5, 5.41) is 3.12. The van der Waals surface area contributed by atoms with Crippen LogP contribution in [0.1, 0.15) is 64.7 Å². The number of nitrogens with one attached hydrogen (secondary N) is 1. The third-order valence-electron chi connectivity index (χ3n) is 3.39. The van der Waals surface area contributed by atoms with Crippen molar-refractivity contribution >= 4 is 5.91 Å². The van der Waals surface area contributed by atoms with Gasteiger partial charge in [0.05, 0.1) is 0 Å². The van der Waals surface area contributed by atoms with E-state index in [1.807, 2.05) is 0 Å². The molecule has 1 saturated carbocycles. The van der Waals surface area contributed by atoms with Crippen molar-refractivity contribution in [1.29, 1.82) is 0 Å². The van der Waals surface area contributed by atoms with E-state index in [0.29, 0.717) is 18.5 Å². The van der Waals surface area contributed by atoms with Gasteiger partial charge < -0.3 is 11.1 Å². The van der Waals surface area contributed by atoms with Crippen LogP contribution in [-0.2, 0) is 4.79 Å². The Balaban J connectivity index is 2.05. The third kappa shape index (κ3) is 5.50. The summed E-state index contributed by atoms with van der Waals surface area (Å²) < 4.78 is 0. The molecule has 0 bridgehead atoms. The molecule has 0 atom stereocenters. The van der Waals surface area contributed by atoms with Crippen molar-refractivity contribution in [3.63, 3.8) is 0 Å². The molecule has 3 heteroatoms. The molecule has 0 heterocycles. The summed E-state index contributed by atoms with van der Waals surface area (Å²) in [5.41, 5.74) is 5.83. The Bertz CT molecular complexity index is 198. The van der Waals surface area contributed by atoms with Crippen LogP contribution < -0.4 is 11.1 Å². The van der Waals surface area contributed by atoms with Crippen LogP contribution in [0.5, 0.6) is 0 Å². The molecule has 0 spiro atoms. The fraction of sp³-hybridized carbons (Fsp3) is 0.923. The van der Waals surface area contributed by atoms with Crippen LogP contribution in [0.3, 0.4) is 0 Å². The fourth-order valence-corrected chi connectivity index (χ4v) is 2.28. The average Bonchev–Trinajstić information content (AvgIpc) is 2.28. The summed E-state index contributed by atoms with van der Waals surface area (Å²) in [6.07, 6.45) is 9.60. The number of amides is 1. The highest BCUT2D eigenvalue weighted by molar-refractivity contribution is 5.76. The lowest BCUT2D eigenvalue weighted by Gasteiger charge is -2.26. The van der Waals surface area contributed by atoms with E-state index in [1.165, 1.54) is 19.3 Å². The molecular formula is C13H26N2O. The van der Waals surface area contributed by atoms with Crippen molar-refractivity contribution < 1.29 is 4.79 Å². The standard InChI is InChI=1S/C13H26N2O/c1-2-3-4-5-6-13(16)15-12-9-7-11(14)8-10-12/h11-12H,2-10,14H2,1H3,(H,15,16). The lowest BCUT2D eigenvalue weighted by Crippen LogP contribution is -2.40. The van der Waals surface area contributed by atoms with Crippen molar-refractivity contribution in [2.75, 3.05) is 0 Å². The maximum atomic E-state index is 11.6. The van der Waals surface area contributed by atoms with E-state index in [2.05, 4.69) is 12.2 Å². The Kier molecular flexibility index (Phi) is 6.46. The van der Waals surface area contributed by atoms with Crippen molar-refractivity contribution in [2.24, 2.45) is 5.73 Å². The highest BCUT2D eigenvalue weighted by atomic mass is 16.1. The van der Waals surface area contributed by atoms with Gasteiger partial charge in [0.1, 0.15) is 0 Å². The van der Waals surface area contributed by atoms with Crippen molar-refractivity contribution in [3.8, 4) is 0 Å². The van der Waals surface area contributed by atoms with E-state index in [4.69, 9.17) is 5.73 Å². The molecule has 3 nitrogen and oxygen atoms in total. The molecule has 94 valence electrons. The zero-order valence-electron chi connectivity index (χ0n) is 10.5. The highest BCUT2D eigenvalue weighted by Gasteiger charge is 2.19. The van der Waals surface area contributed by atoms with E-state index < -0.39 is 0 Å². The normalized spacial score (nSPS) is 25.4. The average molecular weight is 226 g/mol. The smallest absolute Gasteiger partial charge is 0.220 e. The summed E-state index contributed by atoms with van der Waals surface area (Å²) in [6, 6.07) is 0.746. The minimum Gasteiger partial charge on any atom is -0.353 e. The summed E-state index contributed by atoms with van der Waals surface area (Å²) >= 11 is 0. The van der Waals surface area contributed by atoms with Gasteiger partial charge in [-0.2, -0.15) is 0 Å². The summed E-state index contributed by atoms with van der Waals surface area (Å²) in [5.74, 6) is 0.233. The Hall–Kier alpha value is -0.570. The molecule has 1 aliphatic rings. The van der Waals surface area contributed by atoms with Gasteiger partial charge in [-0.05, 0) is 32.1 Å². The molecule has 0 aliphatic heterocycles. The van der Waals surface area contributed by atoms with Gasteiger partial charge in [0, 0.05) is 18.5 Å². The Morgan fingerprint density at radius 3 is 2.50 bits per heavy atom. The van der Waals surface area contributed by atoms with E-state index in [-0.39, 0.29) is 5.91 Å². The Labute approximate surface area is 99.2 Å². The number of rotatable bonds is 6. The molecule has 0 aromatic carbocycles. The maximum Gasteiger partial charge on any atom is 0.220 e. The van der Waals surface area contributed by atoms with Crippen LogP contribution in [0.15, 0.2) is 0 Å². The van der Waals surface area contributed by atoms with Crippen LogP contribution in [0.25, 0.3) is 0 Å². The van der Waals surface area contributed by atoms with E-state index in [0.717, 1.165) is 32.1 Å². The van der Waals surface area contributed by atoms with Gasteiger partial charge in [-0.1, -0.05) is 26.2 Å². The number of nitrogens with two attached hydrogens (primary N) is 1. The highest BCUT2D eigenvalue weighted by Crippen LogP contribution is 2.17. The zero-order valence-corrected chi connectivity index (χ0v) is 10.5. The predicted molar refractivity (Wildman–Crippen MR) is 67.1 cm³/mol. The number of carbonyl (C=O) groups excluding carboxylic acids is 1. The SMILES string of the molecule is CCCCCCC(=O)NC1CCC(N)CC1. The quantitative estimate of drug-likeness (QED) is 0.683. The van der Waals surface area contributed by atoms with E-state index in [1.54, 1.807) is 0 Å². The minimum absolute atomic E-state index is 0.233. The molecule has 0 unspecified atom stereocenters. The molecule has 0 aromatic heterocycles. The number of unbranched alkanes of at least 4 members (excludes halogenated alkanes) is 3. The molecule has 16 heavy (non-hydrogen) atoms. The first-order valence-electron chi connectivity index (χ1n) is 6.77. The monoisotopic (exact) mass is 226 g/mol. The molecule has 1 aliphatic carbocycles. The first kappa shape index (κ1) is 13.5. The van der Waals surface area contributed by atoms with Crippen LogP contribution in [0.4, 0.5) is 0 Å². The fourth-order valence-electron chi connectivity index (χ4n) is 2.28. The van der Waals surface area contributed by atoms with Gasteiger partial charge in [-0.3, -0.25) is 4.79 Å². The molecule has 0 radical (unpaired) electrons. The lowest BCUT2D eigenvalue weighted by molar-refractivity contribution is -0.122. The minimum atomic E-state index is 0.233. The van der Waals surface area contributed by atoms with Crippen LogP contribution in [-0.4, -0.2) is 18.0 Å². The number of carbonyl (C=O) groups is 1. The second-order valence-electron chi connectivity index (χ2n) is 4.99. The molecule has 1 fully saturated rings. The Morgan fingerprint density at radius 2 is 1.88 bits per heavy atom. The molecule has 1 rings (SSSR count). The number of hydrogen-bond donors (Lipinski definition) is 2. The van der Waals surface area contributed by atoms with Gasteiger partial charge in [0.15, 0.2) is 0 Å². The molecular weight excluding hydrogens is 200 g/mol. The topological polar surface area (TPSA) is 55.1 Å². The van der Waals surface area contributed by atoms with Gasteiger partial charge in [-0.15, -0.1) is 0 Å².